The quantitative estimate of drug-likeness (QED) is 0.802. The summed E-state index contributed by atoms with van der Waals surface area (Å²) in [5.74, 6) is 1.30. The van der Waals surface area contributed by atoms with Crippen LogP contribution < -0.4 is 9.47 Å². The lowest BCUT2D eigenvalue weighted by molar-refractivity contribution is 0.194. The fourth-order valence-corrected chi connectivity index (χ4v) is 2.76. The van der Waals surface area contributed by atoms with E-state index in [1.165, 1.54) is 0 Å². The summed E-state index contributed by atoms with van der Waals surface area (Å²) in [6.07, 6.45) is 1.34. The number of rotatable bonds is 4. The molecular weight excluding hydrogens is 292 g/mol. The van der Waals surface area contributed by atoms with Gasteiger partial charge in [-0.05, 0) is 43.7 Å². The Bertz CT molecular complexity index is 853. The van der Waals surface area contributed by atoms with Crippen molar-refractivity contribution in [2.45, 2.75) is 20.0 Å². The highest BCUT2D eigenvalue weighted by Crippen LogP contribution is 2.35. The van der Waals surface area contributed by atoms with Gasteiger partial charge >= 0.3 is 0 Å². The van der Waals surface area contributed by atoms with E-state index in [0.717, 1.165) is 28.2 Å². The summed E-state index contributed by atoms with van der Waals surface area (Å²) in [5, 5.41) is 10.3. The predicted molar refractivity (Wildman–Crippen MR) is 89.1 cm³/mol. The van der Waals surface area contributed by atoms with E-state index in [2.05, 4.69) is 4.98 Å². The molecular formula is C18H20N2O3. The summed E-state index contributed by atoms with van der Waals surface area (Å²) >= 11 is 0. The smallest absolute Gasteiger partial charge is 0.161 e. The number of aryl methyl sites for hydroxylation is 1. The molecule has 0 aliphatic rings. The first-order chi connectivity index (χ1) is 11.0. The van der Waals surface area contributed by atoms with Crippen molar-refractivity contribution in [3.8, 4) is 22.8 Å². The highest BCUT2D eigenvalue weighted by atomic mass is 16.5. The van der Waals surface area contributed by atoms with Crippen LogP contribution in [0.1, 0.15) is 24.3 Å². The fraction of sp³-hybridized carbons (Fsp3) is 0.278. The highest BCUT2D eigenvalue weighted by molar-refractivity contribution is 5.70. The number of pyridine rings is 1. The predicted octanol–water partition coefficient (Wildman–Crippen LogP) is 3.38. The van der Waals surface area contributed by atoms with E-state index in [0.29, 0.717) is 11.5 Å². The van der Waals surface area contributed by atoms with Crippen LogP contribution in [-0.2, 0) is 0 Å². The normalized spacial score (nSPS) is 12.4. The van der Waals surface area contributed by atoms with E-state index in [-0.39, 0.29) is 0 Å². The van der Waals surface area contributed by atoms with Gasteiger partial charge in [-0.15, -0.1) is 0 Å². The van der Waals surface area contributed by atoms with E-state index in [4.69, 9.17) is 9.47 Å². The molecule has 5 nitrogen and oxygen atoms in total. The van der Waals surface area contributed by atoms with Gasteiger partial charge in [0.25, 0.3) is 0 Å². The summed E-state index contributed by atoms with van der Waals surface area (Å²) in [5.41, 5.74) is 4.29. The molecule has 3 aromatic rings. The largest absolute Gasteiger partial charge is 0.493 e. The molecule has 0 aliphatic heterocycles. The number of benzene rings is 1. The third kappa shape index (κ3) is 2.64. The number of nitrogens with zero attached hydrogens (tertiary/aromatic N) is 2. The molecule has 0 spiro atoms. The molecule has 0 aliphatic carbocycles. The van der Waals surface area contributed by atoms with Crippen LogP contribution in [0.2, 0.25) is 0 Å². The van der Waals surface area contributed by atoms with Gasteiger partial charge in [0.2, 0.25) is 0 Å². The van der Waals surface area contributed by atoms with Gasteiger partial charge in [0.15, 0.2) is 11.5 Å². The third-order valence-electron chi connectivity index (χ3n) is 3.86. The van der Waals surface area contributed by atoms with Crippen LogP contribution in [0.5, 0.6) is 11.5 Å². The Hall–Kier alpha value is -2.53. The monoisotopic (exact) mass is 312 g/mol. The van der Waals surface area contributed by atoms with Crippen molar-refractivity contribution in [1.82, 2.24) is 9.38 Å². The summed E-state index contributed by atoms with van der Waals surface area (Å²) < 4.78 is 12.6. The lowest BCUT2D eigenvalue weighted by Crippen LogP contribution is -2.00. The van der Waals surface area contributed by atoms with Crippen molar-refractivity contribution in [1.29, 1.82) is 0 Å². The molecule has 1 atom stereocenters. The number of hydrogen-bond donors (Lipinski definition) is 1. The van der Waals surface area contributed by atoms with Crippen molar-refractivity contribution < 1.29 is 14.6 Å². The van der Waals surface area contributed by atoms with E-state index < -0.39 is 6.10 Å². The Morgan fingerprint density at radius 2 is 1.83 bits per heavy atom. The van der Waals surface area contributed by atoms with E-state index in [1.54, 1.807) is 21.1 Å². The van der Waals surface area contributed by atoms with Gasteiger partial charge in [-0.25, -0.2) is 4.98 Å². The lowest BCUT2D eigenvalue weighted by atomic mass is 10.1. The van der Waals surface area contributed by atoms with Crippen LogP contribution in [0.3, 0.4) is 0 Å². The van der Waals surface area contributed by atoms with Gasteiger partial charge in [-0.3, -0.25) is 0 Å². The number of ether oxygens (including phenoxy) is 2. The first-order valence-electron chi connectivity index (χ1n) is 7.44. The molecule has 5 heteroatoms. The second-order valence-corrected chi connectivity index (χ2v) is 5.53. The van der Waals surface area contributed by atoms with E-state index >= 15 is 0 Å². The molecule has 120 valence electrons. The van der Waals surface area contributed by atoms with Gasteiger partial charge in [0.05, 0.1) is 31.7 Å². The fourth-order valence-electron chi connectivity index (χ4n) is 2.76. The Labute approximate surface area is 135 Å². The lowest BCUT2D eigenvalue weighted by Gasteiger charge is -2.11. The van der Waals surface area contributed by atoms with Gasteiger partial charge in [-0.1, -0.05) is 6.07 Å². The summed E-state index contributed by atoms with van der Waals surface area (Å²) in [7, 11) is 3.21. The molecule has 0 saturated heterocycles. The van der Waals surface area contributed by atoms with Crippen LogP contribution in [0.15, 0.2) is 36.5 Å². The zero-order valence-corrected chi connectivity index (χ0v) is 13.7. The number of methoxy groups -OCH3 is 2. The number of hydrogen-bond acceptors (Lipinski definition) is 4. The summed E-state index contributed by atoms with van der Waals surface area (Å²) in [6, 6.07) is 9.59. The number of fused-ring (bicyclic) bond motifs is 1. The number of aromatic nitrogens is 2. The minimum absolute atomic E-state index is 0.634. The molecule has 0 fully saturated rings. The number of imidazole rings is 1. The van der Waals surface area contributed by atoms with Crippen molar-refractivity contribution in [3.05, 3.63) is 47.8 Å². The van der Waals surface area contributed by atoms with Crippen LogP contribution >= 0.6 is 0 Å². The van der Waals surface area contributed by atoms with Crippen LogP contribution in [0.25, 0.3) is 16.9 Å². The minimum Gasteiger partial charge on any atom is -0.493 e. The Morgan fingerprint density at radius 3 is 2.48 bits per heavy atom. The van der Waals surface area contributed by atoms with Gasteiger partial charge in [-0.2, -0.15) is 0 Å². The average Bonchev–Trinajstić information content (AvgIpc) is 2.92. The van der Waals surface area contributed by atoms with Crippen molar-refractivity contribution in [3.63, 3.8) is 0 Å². The Balaban J connectivity index is 2.25. The van der Waals surface area contributed by atoms with Crippen LogP contribution in [0, 0.1) is 6.92 Å². The SMILES string of the molecule is COc1ccc(-c2nc3ccc(C)cn3c2C(C)O)cc1OC. The zero-order chi connectivity index (χ0) is 16.6. The molecule has 0 bridgehead atoms. The molecule has 0 radical (unpaired) electrons. The van der Waals surface area contributed by atoms with Crippen molar-refractivity contribution in [2.24, 2.45) is 0 Å². The first-order valence-corrected chi connectivity index (χ1v) is 7.44. The molecule has 2 aromatic heterocycles. The van der Waals surface area contributed by atoms with Crippen molar-refractivity contribution in [2.75, 3.05) is 14.2 Å². The van der Waals surface area contributed by atoms with Gasteiger partial charge < -0.3 is 19.0 Å². The summed E-state index contributed by atoms with van der Waals surface area (Å²) in [4.78, 5) is 4.68. The molecule has 1 N–H and O–H groups in total. The van der Waals surface area contributed by atoms with Crippen LogP contribution in [-0.4, -0.2) is 28.7 Å². The molecule has 3 rings (SSSR count). The molecule has 23 heavy (non-hydrogen) atoms. The maximum Gasteiger partial charge on any atom is 0.161 e. The second kappa shape index (κ2) is 5.93. The Morgan fingerprint density at radius 1 is 1.09 bits per heavy atom. The maximum absolute atomic E-state index is 10.3. The zero-order valence-electron chi connectivity index (χ0n) is 13.7. The standard InChI is InChI=1S/C18H20N2O3/c1-11-5-8-16-19-17(18(12(2)21)20(16)10-11)13-6-7-14(22-3)15(9-13)23-4/h5-10,12,21H,1-4H3. The van der Waals surface area contributed by atoms with Crippen LogP contribution in [0.4, 0.5) is 0 Å². The Kier molecular flexibility index (Phi) is 3.96. The molecule has 0 amide bonds. The van der Waals surface area contributed by atoms with E-state index in [9.17, 15) is 5.11 Å². The molecule has 1 aromatic carbocycles. The highest BCUT2D eigenvalue weighted by Gasteiger charge is 2.19. The summed E-state index contributed by atoms with van der Waals surface area (Å²) in [6.45, 7) is 3.76. The molecule has 1 unspecified atom stereocenters. The number of aliphatic hydroxyl groups is 1. The molecule has 0 saturated carbocycles. The number of aliphatic hydroxyl groups excluding tert-OH is 1. The second-order valence-electron chi connectivity index (χ2n) is 5.53. The van der Waals surface area contributed by atoms with Gasteiger partial charge in [0.1, 0.15) is 5.65 Å². The minimum atomic E-state index is -0.644. The first kappa shape index (κ1) is 15.4. The molecule has 2 heterocycles. The van der Waals surface area contributed by atoms with Gasteiger partial charge in [0, 0.05) is 11.8 Å². The maximum atomic E-state index is 10.3. The average molecular weight is 312 g/mol. The topological polar surface area (TPSA) is 56.0 Å². The van der Waals surface area contributed by atoms with E-state index in [1.807, 2.05) is 47.9 Å². The van der Waals surface area contributed by atoms with Crippen molar-refractivity contribution >= 4 is 5.65 Å². The third-order valence-corrected chi connectivity index (χ3v) is 3.86.